The van der Waals surface area contributed by atoms with E-state index in [1.54, 1.807) is 0 Å². The molecule has 1 saturated carbocycles. The highest BCUT2D eigenvalue weighted by atomic mass is 79.9. The molecular formula is C18H25BrN2. The number of halogens is 1. The van der Waals surface area contributed by atoms with Crippen molar-refractivity contribution in [2.75, 3.05) is 0 Å². The molecule has 1 aromatic carbocycles. The second kappa shape index (κ2) is 6.95. The minimum atomic E-state index is 0.662. The van der Waals surface area contributed by atoms with Gasteiger partial charge in [-0.15, -0.1) is 0 Å². The molecule has 2 aromatic rings. The highest BCUT2D eigenvalue weighted by molar-refractivity contribution is 9.09. The Bertz CT molecular complexity index is 590. The van der Waals surface area contributed by atoms with E-state index in [1.165, 1.54) is 43.4 Å². The van der Waals surface area contributed by atoms with E-state index in [4.69, 9.17) is 4.98 Å². The molecule has 1 aliphatic carbocycles. The van der Waals surface area contributed by atoms with Gasteiger partial charge in [0.1, 0.15) is 5.82 Å². The van der Waals surface area contributed by atoms with Crippen LogP contribution in [0.5, 0.6) is 0 Å². The third kappa shape index (κ3) is 3.33. The number of hydrogen-bond donors (Lipinski definition) is 0. The Morgan fingerprint density at radius 1 is 1.19 bits per heavy atom. The first-order valence-electron chi connectivity index (χ1n) is 8.37. The molecule has 1 aliphatic rings. The van der Waals surface area contributed by atoms with E-state index in [0.29, 0.717) is 4.83 Å². The summed E-state index contributed by atoms with van der Waals surface area (Å²) in [4.78, 5) is 5.59. The summed E-state index contributed by atoms with van der Waals surface area (Å²) < 4.78 is 2.44. The maximum absolute atomic E-state index is 4.93. The molecule has 2 unspecified atom stereocenters. The molecule has 0 spiro atoms. The van der Waals surface area contributed by atoms with Gasteiger partial charge in [-0.2, -0.15) is 0 Å². The summed E-state index contributed by atoms with van der Waals surface area (Å²) >= 11 is 3.93. The normalized spacial score (nSPS) is 23.3. The fourth-order valence-electron chi connectivity index (χ4n) is 3.56. The van der Waals surface area contributed by atoms with E-state index in [-0.39, 0.29) is 0 Å². The molecule has 0 N–H and O–H groups in total. The van der Waals surface area contributed by atoms with Gasteiger partial charge in [-0.1, -0.05) is 54.2 Å². The van der Waals surface area contributed by atoms with Crippen LogP contribution in [0.15, 0.2) is 24.3 Å². The largest absolute Gasteiger partial charge is 0.328 e. The quantitative estimate of drug-likeness (QED) is 0.539. The van der Waals surface area contributed by atoms with Crippen molar-refractivity contribution in [2.45, 2.75) is 63.2 Å². The third-order valence-corrected chi connectivity index (χ3v) is 5.90. The SMILES string of the molecule is CCCn1c(CC2CCCCCC2Br)nc2ccccc21. The average Bonchev–Trinajstić information content (AvgIpc) is 2.70. The van der Waals surface area contributed by atoms with Gasteiger partial charge in [-0.25, -0.2) is 4.98 Å². The van der Waals surface area contributed by atoms with Gasteiger partial charge in [-0.3, -0.25) is 0 Å². The topological polar surface area (TPSA) is 17.8 Å². The van der Waals surface area contributed by atoms with Crippen molar-refractivity contribution in [3.63, 3.8) is 0 Å². The van der Waals surface area contributed by atoms with Crippen LogP contribution >= 0.6 is 15.9 Å². The van der Waals surface area contributed by atoms with Gasteiger partial charge in [0.15, 0.2) is 0 Å². The van der Waals surface area contributed by atoms with Crippen molar-refractivity contribution in [3.8, 4) is 0 Å². The number of aryl methyl sites for hydroxylation is 1. The van der Waals surface area contributed by atoms with Crippen LogP contribution in [-0.2, 0) is 13.0 Å². The number of fused-ring (bicyclic) bond motifs is 1. The summed E-state index contributed by atoms with van der Waals surface area (Å²) in [6.45, 7) is 3.33. The number of nitrogens with zero attached hydrogens (tertiary/aromatic N) is 2. The Balaban J connectivity index is 1.89. The lowest BCUT2D eigenvalue weighted by atomic mass is 9.96. The van der Waals surface area contributed by atoms with Crippen molar-refractivity contribution >= 4 is 27.0 Å². The zero-order chi connectivity index (χ0) is 14.7. The molecule has 0 saturated heterocycles. The van der Waals surface area contributed by atoms with Crippen molar-refractivity contribution < 1.29 is 0 Å². The lowest BCUT2D eigenvalue weighted by molar-refractivity contribution is 0.454. The summed E-state index contributed by atoms with van der Waals surface area (Å²) in [5.74, 6) is 2.02. The lowest BCUT2D eigenvalue weighted by Crippen LogP contribution is -2.18. The maximum atomic E-state index is 4.93. The molecule has 1 aromatic heterocycles. The standard InChI is InChI=1S/C18H25BrN2/c1-2-12-21-17-11-7-6-10-16(17)20-18(21)13-14-8-4-3-5-9-15(14)19/h6-7,10-11,14-15H,2-5,8-9,12-13H2,1H3. The minimum Gasteiger partial charge on any atom is -0.328 e. The van der Waals surface area contributed by atoms with E-state index in [0.717, 1.165) is 30.8 Å². The molecule has 2 atom stereocenters. The van der Waals surface area contributed by atoms with E-state index in [2.05, 4.69) is 51.7 Å². The lowest BCUT2D eigenvalue weighted by Gasteiger charge is -2.20. The van der Waals surface area contributed by atoms with Crippen molar-refractivity contribution in [3.05, 3.63) is 30.1 Å². The van der Waals surface area contributed by atoms with Crippen LogP contribution in [-0.4, -0.2) is 14.4 Å². The number of benzene rings is 1. The number of hydrogen-bond acceptors (Lipinski definition) is 1. The molecule has 1 heterocycles. The van der Waals surface area contributed by atoms with Crippen LogP contribution in [0.3, 0.4) is 0 Å². The Labute approximate surface area is 136 Å². The smallest absolute Gasteiger partial charge is 0.110 e. The van der Waals surface area contributed by atoms with E-state index >= 15 is 0 Å². The van der Waals surface area contributed by atoms with Gasteiger partial charge in [-0.05, 0) is 37.3 Å². The highest BCUT2D eigenvalue weighted by Gasteiger charge is 2.24. The zero-order valence-electron chi connectivity index (χ0n) is 12.9. The van der Waals surface area contributed by atoms with Crippen molar-refractivity contribution in [1.29, 1.82) is 0 Å². The number of rotatable bonds is 4. The predicted molar refractivity (Wildman–Crippen MR) is 93.0 cm³/mol. The molecule has 2 nitrogen and oxygen atoms in total. The van der Waals surface area contributed by atoms with Gasteiger partial charge >= 0.3 is 0 Å². The summed E-state index contributed by atoms with van der Waals surface area (Å²) in [5, 5.41) is 0. The van der Waals surface area contributed by atoms with Crippen LogP contribution in [0.25, 0.3) is 11.0 Å². The average molecular weight is 349 g/mol. The Morgan fingerprint density at radius 2 is 2.00 bits per heavy atom. The van der Waals surface area contributed by atoms with Gasteiger partial charge < -0.3 is 4.57 Å². The predicted octanol–water partition coefficient (Wildman–Crippen LogP) is 5.33. The second-order valence-corrected chi connectivity index (χ2v) is 7.46. The first kappa shape index (κ1) is 15.1. The molecule has 3 heteroatoms. The molecule has 1 fully saturated rings. The van der Waals surface area contributed by atoms with Crippen LogP contribution < -0.4 is 0 Å². The molecule has 3 rings (SSSR count). The maximum Gasteiger partial charge on any atom is 0.110 e. The first-order valence-corrected chi connectivity index (χ1v) is 9.29. The summed E-state index contributed by atoms with van der Waals surface area (Å²) in [7, 11) is 0. The van der Waals surface area contributed by atoms with E-state index in [9.17, 15) is 0 Å². The van der Waals surface area contributed by atoms with E-state index in [1.807, 2.05) is 0 Å². The summed E-state index contributed by atoms with van der Waals surface area (Å²) in [5.41, 5.74) is 2.45. The summed E-state index contributed by atoms with van der Waals surface area (Å²) in [6, 6.07) is 8.57. The Morgan fingerprint density at radius 3 is 2.86 bits per heavy atom. The zero-order valence-corrected chi connectivity index (χ0v) is 14.5. The van der Waals surface area contributed by atoms with Crippen LogP contribution in [0.4, 0.5) is 0 Å². The van der Waals surface area contributed by atoms with Gasteiger partial charge in [0, 0.05) is 17.8 Å². The second-order valence-electron chi connectivity index (χ2n) is 6.29. The van der Waals surface area contributed by atoms with Gasteiger partial charge in [0.05, 0.1) is 11.0 Å². The van der Waals surface area contributed by atoms with Gasteiger partial charge in [0.25, 0.3) is 0 Å². The third-order valence-electron chi connectivity index (χ3n) is 4.69. The first-order chi connectivity index (χ1) is 10.3. The van der Waals surface area contributed by atoms with E-state index < -0.39 is 0 Å². The van der Waals surface area contributed by atoms with Crippen LogP contribution in [0, 0.1) is 5.92 Å². The molecule has 0 bridgehead atoms. The fourth-order valence-corrected chi connectivity index (χ4v) is 4.33. The Hall–Kier alpha value is -0.830. The molecule has 114 valence electrons. The number of aromatic nitrogens is 2. The van der Waals surface area contributed by atoms with Gasteiger partial charge in [0.2, 0.25) is 0 Å². The monoisotopic (exact) mass is 348 g/mol. The minimum absolute atomic E-state index is 0.662. The highest BCUT2D eigenvalue weighted by Crippen LogP contribution is 2.32. The molecule has 21 heavy (non-hydrogen) atoms. The van der Waals surface area contributed by atoms with Crippen LogP contribution in [0.1, 0.15) is 51.3 Å². The molecule has 0 aliphatic heterocycles. The number of alkyl halides is 1. The molecule has 0 amide bonds. The number of para-hydroxylation sites is 2. The number of imidazole rings is 1. The Kier molecular flexibility index (Phi) is 4.99. The molecular weight excluding hydrogens is 324 g/mol. The van der Waals surface area contributed by atoms with Crippen molar-refractivity contribution in [1.82, 2.24) is 9.55 Å². The fraction of sp³-hybridized carbons (Fsp3) is 0.611. The molecule has 0 radical (unpaired) electrons. The van der Waals surface area contributed by atoms with Crippen molar-refractivity contribution in [2.24, 2.45) is 5.92 Å². The summed E-state index contributed by atoms with van der Waals surface area (Å²) in [6.07, 6.45) is 9.08. The van der Waals surface area contributed by atoms with Crippen LogP contribution in [0.2, 0.25) is 0 Å².